The lowest BCUT2D eigenvalue weighted by Crippen LogP contribution is -2.44. The molecule has 1 aromatic heterocycles. The van der Waals surface area contributed by atoms with Crippen LogP contribution in [-0.4, -0.2) is 29.4 Å². The SMILES string of the molecule is CCOC(=O)C(C)N(Cc1ccccc1)C(=O)Cc1cccs1. The van der Waals surface area contributed by atoms with Crippen LogP contribution in [0, 0.1) is 0 Å². The summed E-state index contributed by atoms with van der Waals surface area (Å²) in [5.74, 6) is -0.445. The molecule has 122 valence electrons. The Kier molecular flexibility index (Phi) is 6.35. The fourth-order valence-corrected chi connectivity index (χ4v) is 2.97. The fourth-order valence-electron chi connectivity index (χ4n) is 2.28. The first kappa shape index (κ1) is 17.2. The molecule has 0 fully saturated rings. The Labute approximate surface area is 140 Å². The number of carbonyl (C=O) groups excluding carboxylic acids is 2. The van der Waals surface area contributed by atoms with E-state index in [-0.39, 0.29) is 11.9 Å². The molecule has 0 saturated carbocycles. The number of thiophene rings is 1. The highest BCUT2D eigenvalue weighted by Gasteiger charge is 2.27. The van der Waals surface area contributed by atoms with Crippen LogP contribution < -0.4 is 0 Å². The van der Waals surface area contributed by atoms with Crippen LogP contribution in [0.1, 0.15) is 24.3 Å². The van der Waals surface area contributed by atoms with Crippen LogP contribution in [0.4, 0.5) is 0 Å². The van der Waals surface area contributed by atoms with Crippen molar-refractivity contribution in [1.82, 2.24) is 4.90 Å². The largest absolute Gasteiger partial charge is 0.464 e. The van der Waals surface area contributed by atoms with E-state index < -0.39 is 6.04 Å². The predicted octanol–water partition coefficient (Wildman–Crippen LogP) is 3.27. The van der Waals surface area contributed by atoms with Crippen molar-refractivity contribution >= 4 is 23.2 Å². The first-order chi connectivity index (χ1) is 11.1. The lowest BCUT2D eigenvalue weighted by atomic mass is 10.1. The Hall–Kier alpha value is -2.14. The Bertz CT molecular complexity index is 625. The second-order valence-corrected chi connectivity index (χ2v) is 6.22. The van der Waals surface area contributed by atoms with Gasteiger partial charge in [0.2, 0.25) is 5.91 Å². The van der Waals surface area contributed by atoms with Gasteiger partial charge in [0.1, 0.15) is 6.04 Å². The Morgan fingerprint density at radius 2 is 1.91 bits per heavy atom. The van der Waals surface area contributed by atoms with E-state index in [9.17, 15) is 9.59 Å². The van der Waals surface area contributed by atoms with Gasteiger partial charge in [0, 0.05) is 11.4 Å². The molecule has 1 aromatic carbocycles. The van der Waals surface area contributed by atoms with E-state index in [1.54, 1.807) is 30.1 Å². The molecule has 0 radical (unpaired) electrons. The third-order valence-corrected chi connectivity index (χ3v) is 4.39. The third-order valence-electron chi connectivity index (χ3n) is 3.52. The number of hydrogen-bond donors (Lipinski definition) is 0. The molecule has 0 bridgehead atoms. The van der Waals surface area contributed by atoms with Crippen molar-refractivity contribution in [3.8, 4) is 0 Å². The number of amides is 1. The second kappa shape index (κ2) is 8.48. The summed E-state index contributed by atoms with van der Waals surface area (Å²) in [5.41, 5.74) is 0.989. The van der Waals surface area contributed by atoms with Gasteiger partial charge in [-0.3, -0.25) is 4.79 Å². The zero-order valence-corrected chi connectivity index (χ0v) is 14.2. The lowest BCUT2D eigenvalue weighted by Gasteiger charge is -2.28. The molecule has 2 rings (SSSR count). The summed E-state index contributed by atoms with van der Waals surface area (Å²) in [5, 5.41) is 1.94. The zero-order chi connectivity index (χ0) is 16.7. The van der Waals surface area contributed by atoms with Crippen molar-refractivity contribution in [3.63, 3.8) is 0 Å². The van der Waals surface area contributed by atoms with Gasteiger partial charge < -0.3 is 9.64 Å². The predicted molar refractivity (Wildman–Crippen MR) is 91.1 cm³/mol. The average Bonchev–Trinajstić information content (AvgIpc) is 3.06. The van der Waals surface area contributed by atoms with Crippen LogP contribution in [0.25, 0.3) is 0 Å². The van der Waals surface area contributed by atoms with Gasteiger partial charge in [0.25, 0.3) is 0 Å². The van der Waals surface area contributed by atoms with E-state index in [1.807, 2.05) is 47.8 Å². The number of nitrogens with zero attached hydrogens (tertiary/aromatic N) is 1. The Morgan fingerprint density at radius 1 is 1.17 bits per heavy atom. The Morgan fingerprint density at radius 3 is 2.52 bits per heavy atom. The van der Waals surface area contributed by atoms with Crippen LogP contribution in [0.3, 0.4) is 0 Å². The topological polar surface area (TPSA) is 46.6 Å². The smallest absolute Gasteiger partial charge is 0.328 e. The number of benzene rings is 1. The van der Waals surface area contributed by atoms with Gasteiger partial charge in [-0.25, -0.2) is 4.79 Å². The highest BCUT2D eigenvalue weighted by atomic mass is 32.1. The molecule has 0 aliphatic carbocycles. The van der Waals surface area contributed by atoms with E-state index in [2.05, 4.69) is 0 Å². The number of esters is 1. The maximum Gasteiger partial charge on any atom is 0.328 e. The number of rotatable bonds is 7. The minimum atomic E-state index is -0.609. The van der Waals surface area contributed by atoms with Crippen molar-refractivity contribution in [1.29, 1.82) is 0 Å². The average molecular weight is 331 g/mol. The molecule has 5 heteroatoms. The number of hydrogen-bond acceptors (Lipinski definition) is 4. The van der Waals surface area contributed by atoms with E-state index in [1.165, 1.54) is 0 Å². The first-order valence-corrected chi connectivity index (χ1v) is 8.52. The molecule has 2 aromatic rings. The molecule has 0 spiro atoms. The summed E-state index contributed by atoms with van der Waals surface area (Å²) in [6.45, 7) is 4.18. The van der Waals surface area contributed by atoms with E-state index in [0.717, 1.165) is 10.4 Å². The fraction of sp³-hybridized carbons (Fsp3) is 0.333. The quantitative estimate of drug-likeness (QED) is 0.732. The van der Waals surface area contributed by atoms with E-state index in [4.69, 9.17) is 4.74 Å². The molecule has 1 atom stereocenters. The maximum absolute atomic E-state index is 12.7. The van der Waals surface area contributed by atoms with E-state index in [0.29, 0.717) is 19.6 Å². The van der Waals surface area contributed by atoms with Gasteiger partial charge in [-0.05, 0) is 30.9 Å². The lowest BCUT2D eigenvalue weighted by molar-refractivity contribution is -0.154. The second-order valence-electron chi connectivity index (χ2n) is 5.19. The van der Waals surface area contributed by atoms with Gasteiger partial charge in [-0.15, -0.1) is 11.3 Å². The van der Waals surface area contributed by atoms with Gasteiger partial charge in [-0.2, -0.15) is 0 Å². The summed E-state index contributed by atoms with van der Waals surface area (Å²) < 4.78 is 5.08. The summed E-state index contributed by atoms with van der Waals surface area (Å²) in [7, 11) is 0. The molecule has 0 aliphatic rings. The summed E-state index contributed by atoms with van der Waals surface area (Å²) in [6, 6.07) is 12.9. The number of carbonyl (C=O) groups is 2. The normalized spacial score (nSPS) is 11.7. The third kappa shape index (κ3) is 4.93. The molecule has 0 N–H and O–H groups in total. The molecule has 1 amide bonds. The molecule has 1 unspecified atom stereocenters. The molecule has 23 heavy (non-hydrogen) atoms. The monoisotopic (exact) mass is 331 g/mol. The molecule has 0 saturated heterocycles. The standard InChI is InChI=1S/C18H21NO3S/c1-3-22-18(21)14(2)19(13-15-8-5-4-6-9-15)17(20)12-16-10-7-11-23-16/h4-11,14H,3,12-13H2,1-2H3. The van der Waals surface area contributed by atoms with Crippen LogP contribution in [0.5, 0.6) is 0 Å². The van der Waals surface area contributed by atoms with Crippen LogP contribution >= 0.6 is 11.3 Å². The van der Waals surface area contributed by atoms with Gasteiger partial charge in [0.05, 0.1) is 13.0 Å². The molecule has 0 aliphatic heterocycles. The molecule has 4 nitrogen and oxygen atoms in total. The van der Waals surface area contributed by atoms with E-state index >= 15 is 0 Å². The van der Waals surface area contributed by atoms with Crippen molar-refractivity contribution in [2.75, 3.05) is 6.61 Å². The van der Waals surface area contributed by atoms with Gasteiger partial charge >= 0.3 is 5.97 Å². The minimum absolute atomic E-state index is 0.0724. The van der Waals surface area contributed by atoms with Gasteiger partial charge in [0.15, 0.2) is 0 Å². The van der Waals surface area contributed by atoms with Crippen LogP contribution in [0.15, 0.2) is 47.8 Å². The highest BCUT2D eigenvalue weighted by Crippen LogP contribution is 2.15. The number of ether oxygens (including phenoxy) is 1. The molecular formula is C18H21NO3S. The summed E-state index contributed by atoms with van der Waals surface area (Å²) >= 11 is 1.54. The first-order valence-electron chi connectivity index (χ1n) is 7.64. The van der Waals surface area contributed by atoms with Crippen molar-refractivity contribution in [2.24, 2.45) is 0 Å². The summed E-state index contributed by atoms with van der Waals surface area (Å²) in [6.07, 6.45) is 0.300. The minimum Gasteiger partial charge on any atom is -0.464 e. The molecular weight excluding hydrogens is 310 g/mol. The van der Waals surface area contributed by atoms with Crippen LogP contribution in [-0.2, 0) is 27.3 Å². The summed E-state index contributed by atoms with van der Waals surface area (Å²) in [4.78, 5) is 27.3. The van der Waals surface area contributed by atoms with Crippen LogP contribution in [0.2, 0.25) is 0 Å². The van der Waals surface area contributed by atoms with Crippen molar-refractivity contribution in [2.45, 2.75) is 32.9 Å². The zero-order valence-electron chi connectivity index (χ0n) is 13.4. The maximum atomic E-state index is 12.7. The molecule has 1 heterocycles. The van der Waals surface area contributed by atoms with Crippen molar-refractivity contribution < 1.29 is 14.3 Å². The highest BCUT2D eigenvalue weighted by molar-refractivity contribution is 7.10. The Balaban J connectivity index is 2.15. The van der Waals surface area contributed by atoms with Crippen molar-refractivity contribution in [3.05, 3.63) is 58.3 Å². The van der Waals surface area contributed by atoms with Gasteiger partial charge in [-0.1, -0.05) is 36.4 Å².